The monoisotopic (exact) mass is 258 g/mol. The molecule has 0 unspecified atom stereocenters. The van der Waals surface area contributed by atoms with E-state index in [1.807, 2.05) is 18.2 Å². The van der Waals surface area contributed by atoms with Gasteiger partial charge in [0.05, 0.1) is 6.61 Å². The Labute approximate surface area is 102 Å². The molecule has 2 rings (SSSR count). The van der Waals surface area contributed by atoms with Crippen molar-refractivity contribution in [2.45, 2.75) is 6.61 Å². The van der Waals surface area contributed by atoms with E-state index >= 15 is 0 Å². The first kappa shape index (κ1) is 11.0. The predicted octanol–water partition coefficient (Wildman–Crippen LogP) is 4.21. The number of thiophene rings is 1. The van der Waals surface area contributed by atoms with Crippen LogP contribution in [0.4, 0.5) is 0 Å². The Morgan fingerprint density at radius 2 is 1.93 bits per heavy atom. The minimum atomic E-state index is 0.0584. The molecular formula is C11H8Cl2OS. The molecule has 0 aliphatic heterocycles. The first-order chi connectivity index (χ1) is 7.20. The Hall–Kier alpha value is -0.540. The molecule has 78 valence electrons. The molecule has 1 aromatic heterocycles. The minimum Gasteiger partial charge on any atom is -0.391 e. The zero-order valence-electron chi connectivity index (χ0n) is 7.71. The second-order valence-electron chi connectivity index (χ2n) is 3.05. The first-order valence-electron chi connectivity index (χ1n) is 4.35. The summed E-state index contributed by atoms with van der Waals surface area (Å²) >= 11 is 13.5. The Morgan fingerprint density at radius 1 is 1.13 bits per heavy atom. The summed E-state index contributed by atoms with van der Waals surface area (Å²) in [6.07, 6.45) is 0. The highest BCUT2D eigenvalue weighted by atomic mass is 35.5. The number of hydrogen-bond acceptors (Lipinski definition) is 2. The lowest BCUT2D eigenvalue weighted by molar-refractivity contribution is 0.285. The second-order valence-corrected chi connectivity index (χ2v) is 5.06. The van der Waals surface area contributed by atoms with Gasteiger partial charge >= 0.3 is 0 Å². The van der Waals surface area contributed by atoms with E-state index in [-0.39, 0.29) is 6.61 Å². The molecule has 0 atom stereocenters. The van der Waals surface area contributed by atoms with Crippen LogP contribution in [0.2, 0.25) is 10.0 Å². The Balaban J connectivity index is 2.48. The van der Waals surface area contributed by atoms with E-state index in [1.54, 1.807) is 12.1 Å². The summed E-state index contributed by atoms with van der Waals surface area (Å²) in [6.45, 7) is 0.0584. The maximum absolute atomic E-state index is 8.97. The summed E-state index contributed by atoms with van der Waals surface area (Å²) in [4.78, 5) is 1.94. The number of rotatable bonds is 2. The standard InChI is InChI=1S/C11H8Cl2OS/c12-7-1-3-10(13)9(5-7)11-4-2-8(6-14)15-11/h1-5,14H,6H2. The number of aliphatic hydroxyl groups excluding tert-OH is 1. The SMILES string of the molecule is OCc1ccc(-c2cc(Cl)ccc2Cl)s1. The maximum Gasteiger partial charge on any atom is 0.0774 e. The van der Waals surface area contributed by atoms with E-state index in [0.29, 0.717) is 10.0 Å². The van der Waals surface area contributed by atoms with Crippen LogP contribution >= 0.6 is 34.5 Å². The molecule has 0 saturated heterocycles. The number of halogens is 2. The summed E-state index contributed by atoms with van der Waals surface area (Å²) in [5.74, 6) is 0. The fraction of sp³-hybridized carbons (Fsp3) is 0.0909. The largest absolute Gasteiger partial charge is 0.391 e. The average Bonchev–Trinajstić information content (AvgIpc) is 2.70. The summed E-state index contributed by atoms with van der Waals surface area (Å²) in [6, 6.07) is 9.19. The van der Waals surface area contributed by atoms with Gasteiger partial charge in [0.1, 0.15) is 0 Å². The molecule has 1 heterocycles. The molecular weight excluding hydrogens is 251 g/mol. The van der Waals surface area contributed by atoms with Crippen molar-refractivity contribution in [2.75, 3.05) is 0 Å². The molecule has 2 aromatic rings. The first-order valence-corrected chi connectivity index (χ1v) is 5.93. The zero-order valence-corrected chi connectivity index (χ0v) is 10.0. The van der Waals surface area contributed by atoms with Gasteiger partial charge in [-0.3, -0.25) is 0 Å². The molecule has 1 N–H and O–H groups in total. The van der Waals surface area contributed by atoms with Crippen LogP contribution in [-0.2, 0) is 6.61 Å². The van der Waals surface area contributed by atoms with Gasteiger partial charge in [-0.1, -0.05) is 23.2 Å². The van der Waals surface area contributed by atoms with Crippen molar-refractivity contribution in [3.05, 3.63) is 45.3 Å². The zero-order chi connectivity index (χ0) is 10.8. The highest BCUT2D eigenvalue weighted by Crippen LogP contribution is 2.35. The van der Waals surface area contributed by atoms with Crippen LogP contribution in [0.5, 0.6) is 0 Å². The molecule has 0 saturated carbocycles. The third-order valence-corrected chi connectivity index (χ3v) is 3.68. The molecule has 0 amide bonds. The highest BCUT2D eigenvalue weighted by Gasteiger charge is 2.07. The number of aliphatic hydroxyl groups is 1. The molecule has 0 bridgehead atoms. The third kappa shape index (κ3) is 2.34. The van der Waals surface area contributed by atoms with Gasteiger partial charge in [-0.25, -0.2) is 0 Å². The Kier molecular flexibility index (Phi) is 3.32. The summed E-state index contributed by atoms with van der Waals surface area (Å²) in [7, 11) is 0. The van der Waals surface area contributed by atoms with Crippen LogP contribution in [0.1, 0.15) is 4.88 Å². The third-order valence-electron chi connectivity index (χ3n) is 2.01. The molecule has 0 fully saturated rings. The van der Waals surface area contributed by atoms with Gasteiger partial charge in [-0.15, -0.1) is 11.3 Å². The maximum atomic E-state index is 8.97. The highest BCUT2D eigenvalue weighted by molar-refractivity contribution is 7.15. The van der Waals surface area contributed by atoms with E-state index in [4.69, 9.17) is 28.3 Å². The molecule has 0 aliphatic rings. The van der Waals surface area contributed by atoms with Crippen LogP contribution < -0.4 is 0 Å². The number of hydrogen-bond donors (Lipinski definition) is 1. The summed E-state index contributed by atoms with van der Waals surface area (Å²) in [5, 5.41) is 10.3. The lowest BCUT2D eigenvalue weighted by atomic mass is 10.2. The minimum absolute atomic E-state index is 0.0584. The van der Waals surface area contributed by atoms with Crippen molar-refractivity contribution in [1.29, 1.82) is 0 Å². The molecule has 0 radical (unpaired) electrons. The topological polar surface area (TPSA) is 20.2 Å². The van der Waals surface area contributed by atoms with Gasteiger partial charge in [0.2, 0.25) is 0 Å². The van der Waals surface area contributed by atoms with E-state index in [0.717, 1.165) is 15.3 Å². The van der Waals surface area contributed by atoms with Crippen molar-refractivity contribution in [2.24, 2.45) is 0 Å². The fourth-order valence-electron chi connectivity index (χ4n) is 1.29. The summed E-state index contributed by atoms with van der Waals surface area (Å²) in [5.41, 5.74) is 0.911. The van der Waals surface area contributed by atoms with Crippen molar-refractivity contribution in [3.63, 3.8) is 0 Å². The molecule has 0 spiro atoms. The lowest BCUT2D eigenvalue weighted by Crippen LogP contribution is -1.75. The Morgan fingerprint density at radius 3 is 2.60 bits per heavy atom. The number of benzene rings is 1. The quantitative estimate of drug-likeness (QED) is 0.856. The van der Waals surface area contributed by atoms with Crippen LogP contribution in [0, 0.1) is 0 Å². The van der Waals surface area contributed by atoms with Crippen molar-refractivity contribution < 1.29 is 5.11 Å². The predicted molar refractivity (Wildman–Crippen MR) is 65.7 cm³/mol. The van der Waals surface area contributed by atoms with Crippen molar-refractivity contribution >= 4 is 34.5 Å². The van der Waals surface area contributed by atoms with Gasteiger partial charge < -0.3 is 5.11 Å². The molecule has 4 heteroatoms. The van der Waals surface area contributed by atoms with Crippen LogP contribution in [0.3, 0.4) is 0 Å². The van der Waals surface area contributed by atoms with Crippen LogP contribution in [0.25, 0.3) is 10.4 Å². The van der Waals surface area contributed by atoms with E-state index in [9.17, 15) is 0 Å². The van der Waals surface area contributed by atoms with E-state index < -0.39 is 0 Å². The lowest BCUT2D eigenvalue weighted by Gasteiger charge is -2.01. The van der Waals surface area contributed by atoms with E-state index in [1.165, 1.54) is 11.3 Å². The van der Waals surface area contributed by atoms with Crippen LogP contribution in [0.15, 0.2) is 30.3 Å². The van der Waals surface area contributed by atoms with Crippen molar-refractivity contribution in [1.82, 2.24) is 0 Å². The van der Waals surface area contributed by atoms with Gasteiger partial charge in [0, 0.05) is 25.4 Å². The van der Waals surface area contributed by atoms with Gasteiger partial charge in [-0.2, -0.15) is 0 Å². The van der Waals surface area contributed by atoms with Gasteiger partial charge in [0.15, 0.2) is 0 Å². The van der Waals surface area contributed by atoms with Gasteiger partial charge in [0.25, 0.3) is 0 Å². The summed E-state index contributed by atoms with van der Waals surface area (Å²) < 4.78 is 0. The average molecular weight is 259 g/mol. The normalized spacial score (nSPS) is 10.6. The molecule has 0 aliphatic carbocycles. The molecule has 15 heavy (non-hydrogen) atoms. The second kappa shape index (κ2) is 4.54. The smallest absolute Gasteiger partial charge is 0.0774 e. The van der Waals surface area contributed by atoms with Crippen molar-refractivity contribution in [3.8, 4) is 10.4 Å². The Bertz CT molecular complexity index is 479. The van der Waals surface area contributed by atoms with E-state index in [2.05, 4.69) is 0 Å². The van der Waals surface area contributed by atoms with Crippen LogP contribution in [-0.4, -0.2) is 5.11 Å². The molecule has 1 nitrogen and oxygen atoms in total. The fourth-order valence-corrected chi connectivity index (χ4v) is 2.64. The molecule has 1 aromatic carbocycles. The van der Waals surface area contributed by atoms with Gasteiger partial charge in [-0.05, 0) is 30.3 Å².